The van der Waals surface area contributed by atoms with Crippen LogP contribution in [-0.2, 0) is 18.3 Å². The summed E-state index contributed by atoms with van der Waals surface area (Å²) in [5.74, 6) is 1.65. The van der Waals surface area contributed by atoms with Crippen LogP contribution in [0.25, 0.3) is 11.3 Å². The highest BCUT2D eigenvalue weighted by atomic mass is 16.3. The number of benzene rings is 2. The lowest BCUT2D eigenvalue weighted by Gasteiger charge is -2.06. The van der Waals surface area contributed by atoms with Gasteiger partial charge in [-0.1, -0.05) is 30.3 Å². The van der Waals surface area contributed by atoms with E-state index in [-0.39, 0.29) is 11.7 Å². The van der Waals surface area contributed by atoms with E-state index in [0.29, 0.717) is 29.9 Å². The standard InChI is InChI=1S/C24H21N3O3/c1-27-16-15-25-24(27)23(29)18-7-9-19(10-8-18)26-22(28)14-12-20-11-13-21(30-20)17-5-3-2-4-6-17/h2-11,13,15-16H,12,14H2,1H3,(H,26,28). The van der Waals surface area contributed by atoms with Crippen LogP contribution >= 0.6 is 0 Å². The molecule has 4 aromatic rings. The predicted molar refractivity (Wildman–Crippen MR) is 114 cm³/mol. The molecule has 4 rings (SSSR count). The molecule has 0 fully saturated rings. The van der Waals surface area contributed by atoms with Gasteiger partial charge < -0.3 is 14.3 Å². The lowest BCUT2D eigenvalue weighted by Crippen LogP contribution is -2.13. The van der Waals surface area contributed by atoms with Crippen molar-refractivity contribution in [3.05, 3.63) is 96.3 Å². The molecule has 150 valence electrons. The zero-order valence-electron chi connectivity index (χ0n) is 16.5. The maximum atomic E-state index is 12.4. The minimum Gasteiger partial charge on any atom is -0.461 e. The number of hydrogen-bond donors (Lipinski definition) is 1. The molecule has 0 aliphatic rings. The fourth-order valence-electron chi connectivity index (χ4n) is 3.15. The van der Waals surface area contributed by atoms with Crippen LogP contribution < -0.4 is 5.32 Å². The Morgan fingerprint density at radius 2 is 1.77 bits per heavy atom. The number of aryl methyl sites for hydroxylation is 2. The van der Waals surface area contributed by atoms with Crippen LogP contribution in [0.5, 0.6) is 0 Å². The Hall–Kier alpha value is -3.93. The molecule has 2 aromatic heterocycles. The molecule has 0 atom stereocenters. The van der Waals surface area contributed by atoms with Crippen LogP contribution in [0.15, 0.2) is 83.5 Å². The minimum absolute atomic E-state index is 0.115. The van der Waals surface area contributed by atoms with Gasteiger partial charge in [-0.3, -0.25) is 9.59 Å². The molecule has 1 amide bonds. The molecule has 0 saturated carbocycles. The summed E-state index contributed by atoms with van der Waals surface area (Å²) in [4.78, 5) is 28.8. The minimum atomic E-state index is -0.160. The first-order chi connectivity index (χ1) is 14.6. The largest absolute Gasteiger partial charge is 0.461 e. The fraction of sp³-hybridized carbons (Fsp3) is 0.125. The Morgan fingerprint density at radius 3 is 2.47 bits per heavy atom. The third kappa shape index (κ3) is 4.38. The number of rotatable bonds is 7. The SMILES string of the molecule is Cn1ccnc1C(=O)c1ccc(NC(=O)CCc2ccc(-c3ccccc3)o2)cc1. The number of nitrogens with zero attached hydrogens (tertiary/aromatic N) is 2. The van der Waals surface area contributed by atoms with Crippen molar-refractivity contribution in [3.8, 4) is 11.3 Å². The lowest BCUT2D eigenvalue weighted by atomic mass is 10.1. The van der Waals surface area contributed by atoms with Gasteiger partial charge in [0.15, 0.2) is 5.82 Å². The Kier molecular flexibility index (Phi) is 5.57. The molecule has 0 saturated heterocycles. The van der Waals surface area contributed by atoms with Gasteiger partial charge in [0, 0.05) is 49.1 Å². The highest BCUT2D eigenvalue weighted by molar-refractivity contribution is 6.07. The summed E-state index contributed by atoms with van der Waals surface area (Å²) in [7, 11) is 1.77. The molecule has 6 nitrogen and oxygen atoms in total. The Morgan fingerprint density at radius 1 is 1.00 bits per heavy atom. The van der Waals surface area contributed by atoms with E-state index in [0.717, 1.165) is 17.1 Å². The van der Waals surface area contributed by atoms with Gasteiger partial charge in [0.1, 0.15) is 11.5 Å². The van der Waals surface area contributed by atoms with Gasteiger partial charge >= 0.3 is 0 Å². The number of ketones is 1. The van der Waals surface area contributed by atoms with Crippen molar-refractivity contribution in [2.75, 3.05) is 5.32 Å². The Labute approximate surface area is 174 Å². The molecule has 0 unspecified atom stereocenters. The molecular formula is C24H21N3O3. The molecule has 0 spiro atoms. The number of anilines is 1. The summed E-state index contributed by atoms with van der Waals surface area (Å²) in [6.07, 6.45) is 4.12. The number of carbonyl (C=O) groups excluding carboxylic acids is 2. The number of nitrogens with one attached hydrogen (secondary N) is 1. The number of hydrogen-bond acceptors (Lipinski definition) is 4. The smallest absolute Gasteiger partial charge is 0.228 e. The lowest BCUT2D eigenvalue weighted by molar-refractivity contribution is -0.116. The molecule has 0 radical (unpaired) electrons. The predicted octanol–water partition coefficient (Wildman–Crippen LogP) is 4.48. The molecule has 30 heavy (non-hydrogen) atoms. The van der Waals surface area contributed by atoms with Crippen molar-refractivity contribution in [1.29, 1.82) is 0 Å². The van der Waals surface area contributed by atoms with Crippen LogP contribution in [0.3, 0.4) is 0 Å². The van der Waals surface area contributed by atoms with E-state index in [4.69, 9.17) is 4.42 Å². The third-order valence-corrected chi connectivity index (χ3v) is 4.77. The van der Waals surface area contributed by atoms with Gasteiger partial charge in [0.05, 0.1) is 0 Å². The van der Waals surface area contributed by atoms with Gasteiger partial charge in [0.2, 0.25) is 11.7 Å². The Balaban J connectivity index is 1.32. The third-order valence-electron chi connectivity index (χ3n) is 4.77. The number of imidazole rings is 1. The van der Waals surface area contributed by atoms with Crippen LogP contribution in [0.4, 0.5) is 5.69 Å². The van der Waals surface area contributed by atoms with Gasteiger partial charge in [0.25, 0.3) is 0 Å². The van der Waals surface area contributed by atoms with E-state index in [2.05, 4.69) is 10.3 Å². The summed E-state index contributed by atoms with van der Waals surface area (Å²) in [6.45, 7) is 0. The van der Waals surface area contributed by atoms with Crippen molar-refractivity contribution in [3.63, 3.8) is 0 Å². The van der Waals surface area contributed by atoms with Crippen LogP contribution in [-0.4, -0.2) is 21.2 Å². The molecule has 2 aromatic carbocycles. The Bertz CT molecular complexity index is 1160. The number of amides is 1. The molecule has 0 aliphatic heterocycles. The summed E-state index contributed by atoms with van der Waals surface area (Å²) < 4.78 is 7.51. The molecule has 6 heteroatoms. The molecule has 0 bridgehead atoms. The van der Waals surface area contributed by atoms with E-state index in [1.54, 1.807) is 48.3 Å². The zero-order valence-corrected chi connectivity index (χ0v) is 16.5. The molecule has 0 aliphatic carbocycles. The second-order valence-electron chi connectivity index (χ2n) is 6.95. The quantitative estimate of drug-likeness (QED) is 0.465. The van der Waals surface area contributed by atoms with Crippen molar-refractivity contribution in [2.24, 2.45) is 7.05 Å². The van der Waals surface area contributed by atoms with E-state index in [1.165, 1.54) is 0 Å². The number of furan rings is 1. The van der Waals surface area contributed by atoms with Crippen LogP contribution in [0, 0.1) is 0 Å². The van der Waals surface area contributed by atoms with Crippen LogP contribution in [0.1, 0.15) is 28.4 Å². The summed E-state index contributed by atoms with van der Waals surface area (Å²) in [6, 6.07) is 20.5. The number of aromatic nitrogens is 2. The topological polar surface area (TPSA) is 77.1 Å². The molecular weight excluding hydrogens is 378 g/mol. The second-order valence-corrected chi connectivity index (χ2v) is 6.95. The zero-order chi connectivity index (χ0) is 20.9. The van der Waals surface area contributed by atoms with E-state index < -0.39 is 0 Å². The van der Waals surface area contributed by atoms with Gasteiger partial charge in [-0.25, -0.2) is 4.98 Å². The van der Waals surface area contributed by atoms with Crippen LogP contribution in [0.2, 0.25) is 0 Å². The summed E-state index contributed by atoms with van der Waals surface area (Å²) in [5, 5.41) is 2.85. The van der Waals surface area contributed by atoms with Crippen molar-refractivity contribution < 1.29 is 14.0 Å². The van der Waals surface area contributed by atoms with Gasteiger partial charge in [-0.2, -0.15) is 0 Å². The van der Waals surface area contributed by atoms with E-state index in [1.807, 2.05) is 42.5 Å². The normalized spacial score (nSPS) is 10.7. The van der Waals surface area contributed by atoms with E-state index in [9.17, 15) is 9.59 Å². The fourth-order valence-corrected chi connectivity index (χ4v) is 3.15. The first-order valence-corrected chi connectivity index (χ1v) is 9.66. The van der Waals surface area contributed by atoms with Crippen molar-refractivity contribution in [1.82, 2.24) is 9.55 Å². The first-order valence-electron chi connectivity index (χ1n) is 9.66. The monoisotopic (exact) mass is 399 g/mol. The molecule has 1 N–H and O–H groups in total. The van der Waals surface area contributed by atoms with Gasteiger partial charge in [-0.15, -0.1) is 0 Å². The summed E-state index contributed by atoms with van der Waals surface area (Å²) >= 11 is 0. The van der Waals surface area contributed by atoms with Crippen molar-refractivity contribution in [2.45, 2.75) is 12.8 Å². The maximum Gasteiger partial charge on any atom is 0.228 e. The molecule has 2 heterocycles. The van der Waals surface area contributed by atoms with E-state index >= 15 is 0 Å². The average Bonchev–Trinajstić information content (AvgIpc) is 3.42. The number of carbonyl (C=O) groups is 2. The highest BCUT2D eigenvalue weighted by Gasteiger charge is 2.14. The highest BCUT2D eigenvalue weighted by Crippen LogP contribution is 2.22. The first kappa shape index (κ1) is 19.4. The second kappa shape index (κ2) is 8.61. The van der Waals surface area contributed by atoms with Gasteiger partial charge in [-0.05, 0) is 36.4 Å². The summed E-state index contributed by atoms with van der Waals surface area (Å²) in [5.41, 5.74) is 2.17. The van der Waals surface area contributed by atoms with Crippen molar-refractivity contribution >= 4 is 17.4 Å². The average molecular weight is 399 g/mol. The maximum absolute atomic E-state index is 12.4.